The van der Waals surface area contributed by atoms with E-state index < -0.39 is 11.4 Å². The van der Waals surface area contributed by atoms with Crippen LogP contribution < -0.4 is 21.1 Å². The quantitative estimate of drug-likeness (QED) is 0.406. The van der Waals surface area contributed by atoms with Crippen LogP contribution in [0.15, 0.2) is 46.6 Å². The van der Waals surface area contributed by atoms with E-state index in [1.54, 1.807) is 6.20 Å². The molecule has 2 atom stereocenters. The molecule has 1 aromatic carbocycles. The molecular formula is C28H33N7OS2. The molecule has 1 saturated heterocycles. The van der Waals surface area contributed by atoms with E-state index in [0.717, 1.165) is 61.5 Å². The van der Waals surface area contributed by atoms with Crippen LogP contribution in [-0.4, -0.2) is 32.6 Å². The molecule has 2 fully saturated rings. The molecular weight excluding hydrogens is 514 g/mol. The Labute approximate surface area is 230 Å². The summed E-state index contributed by atoms with van der Waals surface area (Å²) in [5, 5.41) is 0.699. The molecule has 5 N–H and O–H groups in total. The van der Waals surface area contributed by atoms with Crippen molar-refractivity contribution in [3.63, 3.8) is 0 Å². The third-order valence-corrected chi connectivity index (χ3v) is 11.7. The van der Waals surface area contributed by atoms with Gasteiger partial charge in [0, 0.05) is 52.1 Å². The highest BCUT2D eigenvalue weighted by atomic mass is 32.2. The van der Waals surface area contributed by atoms with E-state index in [1.165, 1.54) is 28.5 Å². The van der Waals surface area contributed by atoms with Crippen molar-refractivity contribution in [2.75, 3.05) is 29.5 Å². The first-order chi connectivity index (χ1) is 18.3. The van der Waals surface area contributed by atoms with Crippen molar-refractivity contribution in [2.45, 2.75) is 72.6 Å². The fourth-order valence-electron chi connectivity index (χ4n) is 6.67. The van der Waals surface area contributed by atoms with Crippen molar-refractivity contribution < 1.29 is 4.55 Å². The number of nitrogens with zero attached hydrogens (tertiary/aromatic N) is 4. The Balaban J connectivity index is 1.09. The molecule has 0 amide bonds. The van der Waals surface area contributed by atoms with Crippen LogP contribution in [0.3, 0.4) is 0 Å². The van der Waals surface area contributed by atoms with Gasteiger partial charge in [-0.25, -0.2) is 15.0 Å². The fourth-order valence-corrected chi connectivity index (χ4v) is 8.89. The fraction of sp³-hybridized carbons (Fsp3) is 0.464. The van der Waals surface area contributed by atoms with Crippen LogP contribution in [0.25, 0.3) is 0 Å². The topological polar surface area (TPSA) is 129 Å². The Hall–Kier alpha value is -2.53. The highest BCUT2D eigenvalue weighted by molar-refractivity contribution is 7.99. The second kappa shape index (κ2) is 8.74. The molecule has 2 aliphatic heterocycles. The van der Waals surface area contributed by atoms with Crippen molar-refractivity contribution >= 4 is 40.6 Å². The van der Waals surface area contributed by atoms with Gasteiger partial charge in [0.1, 0.15) is 16.7 Å². The third-order valence-electron chi connectivity index (χ3n) is 8.98. The normalized spacial score (nSPS) is 25.0. The van der Waals surface area contributed by atoms with Gasteiger partial charge in [-0.1, -0.05) is 30.0 Å². The SMILES string of the molecule is CC1(C)c2cccc3c2[C@@H](N[S@+]1[O-])C1(CCN(c2cnc(Sc4ccnc(N)c4C4CC4)c(N)n2)CC1)C3. The van der Waals surface area contributed by atoms with Crippen LogP contribution in [0.5, 0.6) is 0 Å². The summed E-state index contributed by atoms with van der Waals surface area (Å²) in [6.07, 6.45) is 8.90. The Bertz CT molecular complexity index is 1420. The highest BCUT2D eigenvalue weighted by Gasteiger charge is 2.56. The predicted octanol–water partition coefficient (Wildman–Crippen LogP) is 4.45. The predicted molar refractivity (Wildman–Crippen MR) is 152 cm³/mol. The van der Waals surface area contributed by atoms with Gasteiger partial charge in [0.15, 0.2) is 10.6 Å². The molecule has 7 rings (SSSR count). The number of rotatable bonds is 4. The summed E-state index contributed by atoms with van der Waals surface area (Å²) in [7, 11) is 0. The molecule has 3 aromatic rings. The lowest BCUT2D eigenvalue weighted by atomic mass is 9.72. The molecule has 198 valence electrons. The molecule has 2 aliphatic carbocycles. The third kappa shape index (κ3) is 3.79. The molecule has 0 bridgehead atoms. The van der Waals surface area contributed by atoms with Gasteiger partial charge in [0.2, 0.25) is 0 Å². The highest BCUT2D eigenvalue weighted by Crippen LogP contribution is 2.57. The van der Waals surface area contributed by atoms with E-state index in [9.17, 15) is 4.55 Å². The average Bonchev–Trinajstić information content (AvgIpc) is 3.69. The first-order valence-electron chi connectivity index (χ1n) is 13.4. The average molecular weight is 548 g/mol. The van der Waals surface area contributed by atoms with E-state index in [2.05, 4.69) is 46.7 Å². The molecule has 4 aliphatic rings. The van der Waals surface area contributed by atoms with Gasteiger partial charge in [-0.2, -0.15) is 0 Å². The van der Waals surface area contributed by atoms with Gasteiger partial charge in [-0.05, 0) is 69.1 Å². The van der Waals surface area contributed by atoms with E-state index in [0.29, 0.717) is 22.6 Å². The Morgan fingerprint density at radius 3 is 2.61 bits per heavy atom. The second-order valence-electron chi connectivity index (χ2n) is 11.6. The van der Waals surface area contributed by atoms with Crippen molar-refractivity contribution in [1.29, 1.82) is 0 Å². The number of hydrogen-bond acceptors (Lipinski definition) is 9. The molecule has 10 heteroatoms. The number of anilines is 3. The van der Waals surface area contributed by atoms with Crippen LogP contribution in [0.4, 0.5) is 17.5 Å². The minimum Gasteiger partial charge on any atom is -0.597 e. The van der Waals surface area contributed by atoms with Gasteiger partial charge in [-0.15, -0.1) is 4.72 Å². The van der Waals surface area contributed by atoms with Crippen LogP contribution in [0, 0.1) is 5.41 Å². The molecule has 0 radical (unpaired) electrons. The maximum Gasteiger partial charge on any atom is 0.164 e. The lowest BCUT2D eigenvalue weighted by Crippen LogP contribution is -2.52. The maximum absolute atomic E-state index is 13.2. The first kappa shape index (κ1) is 24.5. The standard InChI is InChI=1S/C28H33N7OS2/c1-27(2)18-5-3-4-17-14-28(23(21(17)18)34-38(27)36)9-12-35(13-10-28)20-15-32-26(25(30)33-20)37-19-8-11-31-24(29)22(19)16-6-7-16/h3-5,8,11,15-16,23,34H,6-7,9-10,12-14H2,1-2H3,(H2,29,31)(H2,30,33)/t23-,38-/m1/s1. The van der Waals surface area contributed by atoms with Gasteiger partial charge in [-0.3, -0.25) is 0 Å². The number of hydrogen-bond donors (Lipinski definition) is 3. The van der Waals surface area contributed by atoms with Crippen LogP contribution in [-0.2, 0) is 22.5 Å². The number of fused-ring (bicyclic) bond motifs is 1. The molecule has 8 nitrogen and oxygen atoms in total. The number of piperidine rings is 1. The van der Waals surface area contributed by atoms with E-state index in [1.807, 2.05) is 12.3 Å². The lowest BCUT2D eigenvalue weighted by Gasteiger charge is -2.46. The summed E-state index contributed by atoms with van der Waals surface area (Å²) in [6.45, 7) is 5.89. The number of nitrogens with one attached hydrogen (secondary N) is 1. The molecule has 4 heterocycles. The summed E-state index contributed by atoms with van der Waals surface area (Å²) >= 11 is 0.401. The van der Waals surface area contributed by atoms with Crippen LogP contribution >= 0.6 is 11.8 Å². The van der Waals surface area contributed by atoms with E-state index in [-0.39, 0.29) is 16.2 Å². The van der Waals surface area contributed by atoms with E-state index >= 15 is 0 Å². The molecule has 0 unspecified atom stereocenters. The monoisotopic (exact) mass is 547 g/mol. The molecule has 2 aromatic heterocycles. The van der Waals surface area contributed by atoms with Gasteiger partial charge < -0.3 is 20.9 Å². The maximum atomic E-state index is 13.2. The molecule has 1 spiro atoms. The zero-order chi connectivity index (χ0) is 26.2. The van der Waals surface area contributed by atoms with Crippen molar-refractivity contribution in [3.8, 4) is 0 Å². The van der Waals surface area contributed by atoms with Crippen LogP contribution in [0.2, 0.25) is 0 Å². The minimum absolute atomic E-state index is 0.0658. The Morgan fingerprint density at radius 1 is 1.08 bits per heavy atom. The van der Waals surface area contributed by atoms with Gasteiger partial charge in [0.25, 0.3) is 0 Å². The van der Waals surface area contributed by atoms with Crippen molar-refractivity contribution in [2.24, 2.45) is 5.41 Å². The first-order valence-corrected chi connectivity index (χ1v) is 15.3. The molecule has 1 saturated carbocycles. The smallest absolute Gasteiger partial charge is 0.164 e. The summed E-state index contributed by atoms with van der Waals surface area (Å²) in [6, 6.07) is 8.69. The van der Waals surface area contributed by atoms with Crippen molar-refractivity contribution in [1.82, 2.24) is 19.7 Å². The zero-order valence-electron chi connectivity index (χ0n) is 21.7. The number of benzene rings is 1. The van der Waals surface area contributed by atoms with Gasteiger partial charge in [0.05, 0.1) is 12.2 Å². The summed E-state index contributed by atoms with van der Waals surface area (Å²) in [5.74, 6) is 2.34. The number of pyridine rings is 1. The number of nitrogen functional groups attached to an aromatic ring is 2. The second-order valence-corrected chi connectivity index (χ2v) is 14.5. The number of nitrogens with two attached hydrogens (primary N) is 2. The Morgan fingerprint density at radius 2 is 1.87 bits per heavy atom. The van der Waals surface area contributed by atoms with Crippen LogP contribution in [0.1, 0.15) is 73.7 Å². The van der Waals surface area contributed by atoms with E-state index in [4.69, 9.17) is 21.4 Å². The molecule has 38 heavy (non-hydrogen) atoms. The van der Waals surface area contributed by atoms with Crippen molar-refractivity contribution in [3.05, 3.63) is 58.9 Å². The minimum atomic E-state index is -1.12. The number of aromatic nitrogens is 3. The summed E-state index contributed by atoms with van der Waals surface area (Å²) in [5.41, 5.74) is 17.8. The Kier molecular flexibility index (Phi) is 5.64. The summed E-state index contributed by atoms with van der Waals surface area (Å²) < 4.78 is 16.4. The summed E-state index contributed by atoms with van der Waals surface area (Å²) in [4.78, 5) is 17.1. The zero-order valence-corrected chi connectivity index (χ0v) is 23.4. The van der Waals surface area contributed by atoms with Gasteiger partial charge >= 0.3 is 0 Å². The lowest BCUT2D eigenvalue weighted by molar-refractivity contribution is 0.173. The largest absolute Gasteiger partial charge is 0.597 e.